The molecule has 2 heterocycles. The highest BCUT2D eigenvalue weighted by atomic mass is 32.2. The summed E-state index contributed by atoms with van der Waals surface area (Å²) in [6.45, 7) is 0.416. The van der Waals surface area contributed by atoms with Crippen LogP contribution >= 0.6 is 0 Å². The van der Waals surface area contributed by atoms with Gasteiger partial charge in [-0.3, -0.25) is 9.67 Å². The first kappa shape index (κ1) is 28.6. The van der Waals surface area contributed by atoms with Gasteiger partial charge in [0, 0.05) is 42.7 Å². The summed E-state index contributed by atoms with van der Waals surface area (Å²) in [5.74, 6) is -3.35. The maximum atomic E-state index is 12.5. The molecular formula is C23H23F3N4O7S. The van der Waals surface area contributed by atoms with Gasteiger partial charge in [-0.1, -0.05) is 6.07 Å². The second kappa shape index (κ2) is 11.6. The lowest BCUT2D eigenvalue weighted by Gasteiger charge is -2.14. The number of rotatable bonds is 8. The average Bonchev–Trinajstić information content (AvgIpc) is 3.25. The number of aliphatic carboxylic acids is 1. The molecule has 0 amide bonds. The van der Waals surface area contributed by atoms with Crippen molar-refractivity contribution in [3.8, 4) is 17.0 Å². The zero-order valence-corrected chi connectivity index (χ0v) is 20.7. The van der Waals surface area contributed by atoms with Gasteiger partial charge in [0.15, 0.2) is 0 Å². The number of alkyl halides is 3. The molecule has 0 spiro atoms. The monoisotopic (exact) mass is 556 g/mol. The highest BCUT2D eigenvalue weighted by Gasteiger charge is 2.38. The van der Waals surface area contributed by atoms with E-state index in [0.29, 0.717) is 36.3 Å². The number of hydrogen-bond acceptors (Lipinski definition) is 7. The first-order chi connectivity index (χ1) is 17.8. The highest BCUT2D eigenvalue weighted by molar-refractivity contribution is 7.89. The van der Waals surface area contributed by atoms with Crippen LogP contribution in [0.2, 0.25) is 0 Å². The van der Waals surface area contributed by atoms with Gasteiger partial charge < -0.3 is 14.9 Å². The van der Waals surface area contributed by atoms with Gasteiger partial charge in [0.05, 0.1) is 17.7 Å². The van der Waals surface area contributed by atoms with Gasteiger partial charge in [-0.2, -0.15) is 18.3 Å². The molecule has 38 heavy (non-hydrogen) atoms. The van der Waals surface area contributed by atoms with E-state index in [1.807, 2.05) is 6.07 Å². The number of nitrogens with zero attached hydrogens (tertiary/aromatic N) is 3. The summed E-state index contributed by atoms with van der Waals surface area (Å²) in [6, 6.07) is 8.05. The fourth-order valence-electron chi connectivity index (χ4n) is 3.76. The second-order valence-electron chi connectivity index (χ2n) is 7.97. The molecule has 0 aliphatic heterocycles. The molecule has 0 saturated heterocycles. The smallest absolute Gasteiger partial charge is 0.490 e. The highest BCUT2D eigenvalue weighted by Crippen LogP contribution is 2.34. The standard InChI is InChI=1S/C21H22N4O5S.C2HF3O2/c1-30-15-4-2-5-16(12-15)31(28,29)23-9-3-11-25-20(21(26)27)18-7-6-14-13-22-10-8-17(14)19(18)24-25;3-2(4,5)1(6)7/h2,4-5,8,10,12-13,23H,3,6-7,9,11H2,1H3,(H,26,27);(H,6,7). The number of carbonyl (C=O) groups is 2. The molecule has 1 aliphatic rings. The summed E-state index contributed by atoms with van der Waals surface area (Å²) in [5, 5.41) is 21.4. The largest absolute Gasteiger partial charge is 0.497 e. The number of benzene rings is 1. The molecule has 3 N–H and O–H groups in total. The predicted octanol–water partition coefficient (Wildman–Crippen LogP) is 2.75. The third kappa shape index (κ3) is 6.66. The molecule has 1 aromatic carbocycles. The summed E-state index contributed by atoms with van der Waals surface area (Å²) < 4.78 is 65.8. The Labute approximate surface area is 214 Å². The third-order valence-corrected chi connectivity index (χ3v) is 6.95. The lowest BCUT2D eigenvalue weighted by atomic mass is 9.90. The number of hydrogen-bond donors (Lipinski definition) is 3. The third-order valence-electron chi connectivity index (χ3n) is 5.49. The van der Waals surface area contributed by atoms with Crippen LogP contribution in [0.1, 0.15) is 28.0 Å². The maximum absolute atomic E-state index is 12.5. The van der Waals surface area contributed by atoms with Crippen molar-refractivity contribution in [3.63, 3.8) is 0 Å². The van der Waals surface area contributed by atoms with Crippen LogP contribution in [0.15, 0.2) is 47.6 Å². The Morgan fingerprint density at radius 1 is 1.18 bits per heavy atom. The predicted molar refractivity (Wildman–Crippen MR) is 126 cm³/mol. The number of aromatic carboxylic acids is 1. The topological polar surface area (TPSA) is 161 Å². The van der Waals surface area contributed by atoms with Crippen LogP contribution in [-0.2, 0) is 34.2 Å². The molecule has 0 unspecified atom stereocenters. The van der Waals surface area contributed by atoms with E-state index in [-0.39, 0.29) is 23.7 Å². The van der Waals surface area contributed by atoms with Crippen LogP contribution in [0.3, 0.4) is 0 Å². The number of nitrogens with one attached hydrogen (secondary N) is 1. The molecular weight excluding hydrogens is 533 g/mol. The number of fused-ring (bicyclic) bond motifs is 3. The van der Waals surface area contributed by atoms with Crippen LogP contribution in [0, 0.1) is 0 Å². The van der Waals surface area contributed by atoms with Crippen LogP contribution in [0.25, 0.3) is 11.3 Å². The lowest BCUT2D eigenvalue weighted by Crippen LogP contribution is -2.26. The van der Waals surface area contributed by atoms with Gasteiger partial charge in [-0.15, -0.1) is 0 Å². The number of carboxylic acids is 2. The van der Waals surface area contributed by atoms with Crippen LogP contribution in [-0.4, -0.2) is 65.2 Å². The molecule has 0 fully saturated rings. The van der Waals surface area contributed by atoms with E-state index in [2.05, 4.69) is 14.8 Å². The van der Waals surface area contributed by atoms with Crippen molar-refractivity contribution in [1.82, 2.24) is 19.5 Å². The van der Waals surface area contributed by atoms with Crippen molar-refractivity contribution in [2.24, 2.45) is 0 Å². The molecule has 11 nitrogen and oxygen atoms in total. The van der Waals surface area contributed by atoms with E-state index in [4.69, 9.17) is 14.6 Å². The van der Waals surface area contributed by atoms with Crippen molar-refractivity contribution in [2.45, 2.75) is 36.9 Å². The van der Waals surface area contributed by atoms with Crippen molar-refractivity contribution >= 4 is 22.0 Å². The van der Waals surface area contributed by atoms with Gasteiger partial charge >= 0.3 is 18.1 Å². The molecule has 0 saturated carbocycles. The summed E-state index contributed by atoms with van der Waals surface area (Å²) in [7, 11) is -2.23. The summed E-state index contributed by atoms with van der Waals surface area (Å²) >= 11 is 0. The quantitative estimate of drug-likeness (QED) is 0.354. The number of ether oxygens (including phenoxy) is 1. The Bertz CT molecular complexity index is 1440. The normalized spacial score (nSPS) is 12.5. The maximum Gasteiger partial charge on any atom is 0.490 e. The van der Waals surface area contributed by atoms with Crippen LogP contribution in [0.4, 0.5) is 13.2 Å². The molecule has 2 aromatic heterocycles. The Balaban J connectivity index is 0.000000505. The van der Waals surface area contributed by atoms with Crippen molar-refractivity contribution in [2.75, 3.05) is 13.7 Å². The Hall–Kier alpha value is -3.98. The van der Waals surface area contributed by atoms with Gasteiger partial charge in [-0.25, -0.2) is 22.7 Å². The van der Waals surface area contributed by atoms with Crippen LogP contribution < -0.4 is 9.46 Å². The molecule has 0 atom stereocenters. The second-order valence-corrected chi connectivity index (χ2v) is 9.74. The molecule has 3 aromatic rings. The number of pyridine rings is 1. The number of methoxy groups -OCH3 is 1. The summed E-state index contributed by atoms with van der Waals surface area (Å²) in [4.78, 5) is 25.0. The minimum Gasteiger partial charge on any atom is -0.497 e. The summed E-state index contributed by atoms with van der Waals surface area (Å²) in [6.07, 6.45) is 0.0414. The lowest BCUT2D eigenvalue weighted by molar-refractivity contribution is -0.192. The van der Waals surface area contributed by atoms with E-state index >= 15 is 0 Å². The minimum atomic E-state index is -5.08. The number of halogens is 3. The first-order valence-corrected chi connectivity index (χ1v) is 12.5. The molecule has 1 aliphatic carbocycles. The van der Waals surface area contributed by atoms with E-state index in [0.717, 1.165) is 11.1 Å². The van der Waals surface area contributed by atoms with E-state index < -0.39 is 28.1 Å². The fourth-order valence-corrected chi connectivity index (χ4v) is 4.87. The van der Waals surface area contributed by atoms with Gasteiger partial charge in [-0.05, 0) is 43.0 Å². The number of carboxylic acid groups (broad SMARTS) is 2. The van der Waals surface area contributed by atoms with Gasteiger partial charge in [0.2, 0.25) is 10.0 Å². The molecule has 0 radical (unpaired) electrons. The fraction of sp³-hybridized carbons (Fsp3) is 0.304. The van der Waals surface area contributed by atoms with Gasteiger partial charge in [0.25, 0.3) is 0 Å². The Morgan fingerprint density at radius 2 is 1.89 bits per heavy atom. The number of aromatic nitrogens is 3. The molecule has 204 valence electrons. The molecule has 0 bridgehead atoms. The molecule has 15 heteroatoms. The van der Waals surface area contributed by atoms with Crippen LogP contribution in [0.5, 0.6) is 5.75 Å². The van der Waals surface area contributed by atoms with Gasteiger partial charge in [0.1, 0.15) is 11.4 Å². The zero-order valence-electron chi connectivity index (χ0n) is 19.9. The van der Waals surface area contributed by atoms with E-state index in [9.17, 15) is 31.5 Å². The van der Waals surface area contributed by atoms with E-state index in [1.54, 1.807) is 24.5 Å². The molecule has 4 rings (SSSR count). The van der Waals surface area contributed by atoms with Crippen molar-refractivity contribution in [1.29, 1.82) is 0 Å². The zero-order chi connectivity index (χ0) is 28.1. The Morgan fingerprint density at radius 3 is 2.53 bits per heavy atom. The van der Waals surface area contributed by atoms with Crippen molar-refractivity contribution < 1.29 is 46.1 Å². The average molecular weight is 557 g/mol. The number of aryl methyl sites for hydroxylation is 2. The Kier molecular flexibility index (Phi) is 8.73. The minimum absolute atomic E-state index is 0.109. The first-order valence-electron chi connectivity index (χ1n) is 11.0. The van der Waals surface area contributed by atoms with Crippen molar-refractivity contribution in [3.05, 3.63) is 59.5 Å². The van der Waals surface area contributed by atoms with E-state index in [1.165, 1.54) is 23.9 Å². The SMILES string of the molecule is COc1cccc(S(=O)(=O)NCCCn2nc3c(c2C(=O)O)CCc2cnccc2-3)c1.O=C(O)C(F)(F)F. The summed E-state index contributed by atoms with van der Waals surface area (Å²) in [5.41, 5.74) is 3.48. The number of sulfonamides is 1.